The molecule has 0 amide bonds. The maximum Gasteiger partial charge on any atom is 0.204 e. The standard InChI is InChI=1S/C14H26N4/c1-11-5-7-12(8-6-11)15-9-13-10-16-14(17(2)3)18(13)4/h10-12,15H,5-9H2,1-4H3. The molecule has 0 spiro atoms. The van der Waals surface area contributed by atoms with Crippen molar-refractivity contribution in [2.75, 3.05) is 19.0 Å². The van der Waals surface area contributed by atoms with Gasteiger partial charge in [0.05, 0.1) is 11.9 Å². The Morgan fingerprint density at radius 3 is 2.56 bits per heavy atom. The van der Waals surface area contributed by atoms with Crippen LogP contribution < -0.4 is 10.2 Å². The fraction of sp³-hybridized carbons (Fsp3) is 0.786. The van der Waals surface area contributed by atoms with Crippen molar-refractivity contribution in [2.24, 2.45) is 13.0 Å². The molecule has 0 atom stereocenters. The van der Waals surface area contributed by atoms with Crippen LogP contribution in [0, 0.1) is 5.92 Å². The van der Waals surface area contributed by atoms with E-state index in [2.05, 4.69) is 28.8 Å². The van der Waals surface area contributed by atoms with E-state index in [1.165, 1.54) is 31.4 Å². The summed E-state index contributed by atoms with van der Waals surface area (Å²) in [4.78, 5) is 6.49. The van der Waals surface area contributed by atoms with Crippen LogP contribution in [-0.4, -0.2) is 29.7 Å². The predicted molar refractivity (Wildman–Crippen MR) is 75.8 cm³/mol. The molecule has 1 saturated carbocycles. The molecule has 2 rings (SSSR count). The minimum absolute atomic E-state index is 0.693. The van der Waals surface area contributed by atoms with Gasteiger partial charge in [-0.1, -0.05) is 6.92 Å². The number of nitrogens with one attached hydrogen (secondary N) is 1. The van der Waals surface area contributed by atoms with Gasteiger partial charge in [-0.2, -0.15) is 0 Å². The fourth-order valence-corrected chi connectivity index (χ4v) is 2.73. The molecule has 1 N–H and O–H groups in total. The van der Waals surface area contributed by atoms with Crippen LogP contribution in [0.15, 0.2) is 6.20 Å². The van der Waals surface area contributed by atoms with Gasteiger partial charge < -0.3 is 14.8 Å². The summed E-state index contributed by atoms with van der Waals surface area (Å²) in [5.41, 5.74) is 1.26. The van der Waals surface area contributed by atoms with E-state index in [0.717, 1.165) is 18.4 Å². The molecule has 4 nitrogen and oxygen atoms in total. The van der Waals surface area contributed by atoms with Crippen LogP contribution in [0.5, 0.6) is 0 Å². The molecule has 4 heteroatoms. The number of imidazole rings is 1. The zero-order chi connectivity index (χ0) is 13.1. The Kier molecular flexibility index (Phi) is 4.27. The Bertz CT molecular complexity index is 375. The number of nitrogens with zero attached hydrogens (tertiary/aromatic N) is 3. The monoisotopic (exact) mass is 250 g/mol. The molecule has 1 heterocycles. The molecule has 1 aliphatic carbocycles. The van der Waals surface area contributed by atoms with E-state index >= 15 is 0 Å². The van der Waals surface area contributed by atoms with E-state index in [0.29, 0.717) is 6.04 Å². The van der Waals surface area contributed by atoms with Gasteiger partial charge in [0.1, 0.15) is 0 Å². The Morgan fingerprint density at radius 1 is 1.33 bits per heavy atom. The average Bonchev–Trinajstić information content (AvgIpc) is 2.70. The van der Waals surface area contributed by atoms with Crippen LogP contribution in [0.4, 0.5) is 5.95 Å². The van der Waals surface area contributed by atoms with Crippen molar-refractivity contribution >= 4 is 5.95 Å². The van der Waals surface area contributed by atoms with E-state index in [9.17, 15) is 0 Å². The van der Waals surface area contributed by atoms with Crippen molar-refractivity contribution in [3.63, 3.8) is 0 Å². The van der Waals surface area contributed by atoms with Gasteiger partial charge in [0.2, 0.25) is 5.95 Å². The molecule has 1 fully saturated rings. The highest BCUT2D eigenvalue weighted by Gasteiger charge is 2.18. The van der Waals surface area contributed by atoms with Gasteiger partial charge in [-0.05, 0) is 31.6 Å². The normalized spacial score (nSPS) is 24.2. The first-order valence-corrected chi connectivity index (χ1v) is 6.99. The Labute approximate surface area is 110 Å². The zero-order valence-electron chi connectivity index (χ0n) is 12.1. The van der Waals surface area contributed by atoms with E-state index in [1.807, 2.05) is 25.2 Å². The third kappa shape index (κ3) is 3.05. The number of anilines is 1. The first kappa shape index (κ1) is 13.4. The summed E-state index contributed by atoms with van der Waals surface area (Å²) in [5, 5.41) is 3.67. The van der Waals surface area contributed by atoms with Gasteiger partial charge in [-0.25, -0.2) is 4.98 Å². The second-order valence-corrected chi connectivity index (χ2v) is 5.84. The highest BCUT2D eigenvalue weighted by Crippen LogP contribution is 2.23. The van der Waals surface area contributed by atoms with E-state index in [1.54, 1.807) is 0 Å². The first-order valence-electron chi connectivity index (χ1n) is 6.99. The largest absolute Gasteiger partial charge is 0.348 e. The predicted octanol–water partition coefficient (Wildman–Crippen LogP) is 2.15. The summed E-state index contributed by atoms with van der Waals surface area (Å²) >= 11 is 0. The van der Waals surface area contributed by atoms with Crippen LogP contribution in [0.25, 0.3) is 0 Å². The van der Waals surface area contributed by atoms with E-state index in [-0.39, 0.29) is 0 Å². The molecule has 0 saturated heterocycles. The summed E-state index contributed by atoms with van der Waals surface area (Å²) in [6.45, 7) is 3.29. The van der Waals surface area contributed by atoms with Crippen LogP contribution in [0.2, 0.25) is 0 Å². The Hall–Kier alpha value is -1.03. The van der Waals surface area contributed by atoms with Crippen molar-refractivity contribution in [2.45, 2.75) is 45.2 Å². The third-order valence-electron chi connectivity index (χ3n) is 4.05. The van der Waals surface area contributed by atoms with Gasteiger partial charge >= 0.3 is 0 Å². The van der Waals surface area contributed by atoms with E-state index < -0.39 is 0 Å². The number of hydrogen-bond donors (Lipinski definition) is 1. The first-order chi connectivity index (χ1) is 8.58. The number of rotatable bonds is 4. The molecule has 1 aromatic rings. The van der Waals surface area contributed by atoms with Crippen molar-refractivity contribution in [1.29, 1.82) is 0 Å². The lowest BCUT2D eigenvalue weighted by Gasteiger charge is -2.27. The second-order valence-electron chi connectivity index (χ2n) is 5.84. The lowest BCUT2D eigenvalue weighted by molar-refractivity contribution is 0.305. The molecule has 0 aliphatic heterocycles. The minimum Gasteiger partial charge on any atom is -0.348 e. The van der Waals surface area contributed by atoms with Crippen molar-refractivity contribution < 1.29 is 0 Å². The molecular formula is C14H26N4. The minimum atomic E-state index is 0.693. The Morgan fingerprint density at radius 2 is 2.00 bits per heavy atom. The maximum absolute atomic E-state index is 4.44. The summed E-state index contributed by atoms with van der Waals surface area (Å²) in [6, 6.07) is 0.693. The van der Waals surface area contributed by atoms with E-state index in [4.69, 9.17) is 0 Å². The van der Waals surface area contributed by atoms with Gasteiger partial charge in [0, 0.05) is 33.7 Å². The Balaban J connectivity index is 1.87. The summed E-state index contributed by atoms with van der Waals surface area (Å²) in [5.74, 6) is 1.93. The van der Waals surface area contributed by atoms with Gasteiger partial charge in [0.25, 0.3) is 0 Å². The van der Waals surface area contributed by atoms with Crippen molar-refractivity contribution in [3.8, 4) is 0 Å². The molecule has 1 aliphatic rings. The van der Waals surface area contributed by atoms with Crippen LogP contribution in [0.3, 0.4) is 0 Å². The smallest absolute Gasteiger partial charge is 0.204 e. The van der Waals surface area contributed by atoms with Crippen LogP contribution >= 0.6 is 0 Å². The summed E-state index contributed by atoms with van der Waals surface area (Å²) in [7, 11) is 6.15. The molecular weight excluding hydrogens is 224 g/mol. The SMILES string of the molecule is CC1CCC(NCc2cnc(N(C)C)n2C)CC1. The van der Waals surface area contributed by atoms with Crippen molar-refractivity contribution in [1.82, 2.24) is 14.9 Å². The van der Waals surface area contributed by atoms with Crippen LogP contribution in [-0.2, 0) is 13.6 Å². The van der Waals surface area contributed by atoms with Gasteiger partial charge in [0.15, 0.2) is 0 Å². The molecule has 1 aromatic heterocycles. The maximum atomic E-state index is 4.44. The van der Waals surface area contributed by atoms with Crippen molar-refractivity contribution in [3.05, 3.63) is 11.9 Å². The quantitative estimate of drug-likeness (QED) is 0.889. The number of aromatic nitrogens is 2. The summed E-state index contributed by atoms with van der Waals surface area (Å²) in [6.07, 6.45) is 7.35. The fourth-order valence-electron chi connectivity index (χ4n) is 2.73. The van der Waals surface area contributed by atoms with Crippen LogP contribution in [0.1, 0.15) is 38.3 Å². The van der Waals surface area contributed by atoms with Gasteiger partial charge in [-0.3, -0.25) is 0 Å². The lowest BCUT2D eigenvalue weighted by Crippen LogP contribution is -2.32. The average molecular weight is 250 g/mol. The third-order valence-corrected chi connectivity index (χ3v) is 4.05. The summed E-state index contributed by atoms with van der Waals surface area (Å²) < 4.78 is 2.17. The highest BCUT2D eigenvalue weighted by molar-refractivity contribution is 5.30. The van der Waals surface area contributed by atoms with Gasteiger partial charge in [-0.15, -0.1) is 0 Å². The topological polar surface area (TPSA) is 33.1 Å². The molecule has 18 heavy (non-hydrogen) atoms. The molecule has 0 bridgehead atoms. The lowest BCUT2D eigenvalue weighted by atomic mass is 9.87. The highest BCUT2D eigenvalue weighted by atomic mass is 15.3. The second kappa shape index (κ2) is 5.74. The molecule has 102 valence electrons. The molecule has 0 unspecified atom stereocenters. The zero-order valence-corrected chi connectivity index (χ0v) is 12.1. The number of hydrogen-bond acceptors (Lipinski definition) is 3. The molecule has 0 aromatic carbocycles. The molecule has 0 radical (unpaired) electrons.